The summed E-state index contributed by atoms with van der Waals surface area (Å²) in [5.74, 6) is -0.565. The second-order valence-electron chi connectivity index (χ2n) is 5.13. The molecule has 0 radical (unpaired) electrons. The van der Waals surface area contributed by atoms with Crippen LogP contribution in [0.1, 0.15) is 34.6 Å². The first-order valence-electron chi connectivity index (χ1n) is 5.26. The van der Waals surface area contributed by atoms with Gasteiger partial charge in [0.25, 0.3) is 0 Å². The third-order valence-electron chi connectivity index (χ3n) is 2.79. The van der Waals surface area contributed by atoms with Crippen molar-refractivity contribution in [3.05, 3.63) is 12.2 Å². The predicted octanol–water partition coefficient (Wildman–Crippen LogP) is 2.51. The first-order valence-corrected chi connectivity index (χ1v) is 5.26. The highest BCUT2D eigenvalue weighted by Gasteiger charge is 2.49. The van der Waals surface area contributed by atoms with Crippen molar-refractivity contribution in [3.63, 3.8) is 0 Å². The molecular formula is C12H22O3. The molecule has 0 N–H and O–H groups in total. The largest absolute Gasteiger partial charge is 0.376 e. The molecule has 1 rings (SSSR count). The quantitative estimate of drug-likeness (QED) is 0.676. The number of hydrogen-bond acceptors (Lipinski definition) is 3. The molecule has 2 atom stereocenters. The van der Waals surface area contributed by atoms with Crippen LogP contribution in [0.5, 0.6) is 0 Å². The average Bonchev–Trinajstić information content (AvgIpc) is 2.42. The zero-order valence-electron chi connectivity index (χ0n) is 10.6. The van der Waals surface area contributed by atoms with Crippen LogP contribution in [-0.4, -0.2) is 30.7 Å². The summed E-state index contributed by atoms with van der Waals surface area (Å²) in [6.07, 6.45) is -0.218. The molecule has 88 valence electrons. The normalized spacial score (nSPS) is 30.5. The SMILES string of the molecule is C=C(C)[C@@H]1OC(C)(C)O[C@H]1C(C)(C)OC. The van der Waals surface area contributed by atoms with Crippen LogP contribution in [0.4, 0.5) is 0 Å². The molecule has 0 unspecified atom stereocenters. The van der Waals surface area contributed by atoms with E-state index in [9.17, 15) is 0 Å². The maximum absolute atomic E-state index is 5.87. The van der Waals surface area contributed by atoms with Crippen LogP contribution in [-0.2, 0) is 14.2 Å². The number of rotatable bonds is 3. The van der Waals surface area contributed by atoms with Gasteiger partial charge < -0.3 is 14.2 Å². The second-order valence-corrected chi connectivity index (χ2v) is 5.13. The van der Waals surface area contributed by atoms with E-state index < -0.39 is 5.79 Å². The first kappa shape index (κ1) is 12.7. The Labute approximate surface area is 92.4 Å². The van der Waals surface area contributed by atoms with Gasteiger partial charge in [0, 0.05) is 7.11 Å². The van der Waals surface area contributed by atoms with E-state index in [-0.39, 0.29) is 17.8 Å². The van der Waals surface area contributed by atoms with E-state index in [1.807, 2.05) is 34.6 Å². The summed E-state index contributed by atoms with van der Waals surface area (Å²) in [4.78, 5) is 0. The molecular weight excluding hydrogens is 192 g/mol. The van der Waals surface area contributed by atoms with Crippen LogP contribution in [0.15, 0.2) is 12.2 Å². The maximum atomic E-state index is 5.87. The molecule has 0 spiro atoms. The van der Waals surface area contributed by atoms with E-state index in [1.165, 1.54) is 0 Å². The van der Waals surface area contributed by atoms with E-state index in [0.29, 0.717) is 0 Å². The summed E-state index contributed by atoms with van der Waals surface area (Å²) in [6.45, 7) is 13.7. The Hall–Kier alpha value is -0.380. The third kappa shape index (κ3) is 2.60. The molecule has 0 aromatic heterocycles. The van der Waals surface area contributed by atoms with Crippen LogP contribution in [0.2, 0.25) is 0 Å². The summed E-state index contributed by atoms with van der Waals surface area (Å²) < 4.78 is 17.1. The molecule has 0 aromatic carbocycles. The molecule has 1 fully saturated rings. The van der Waals surface area contributed by atoms with Gasteiger partial charge in [-0.2, -0.15) is 0 Å². The van der Waals surface area contributed by atoms with Crippen molar-refractivity contribution in [1.82, 2.24) is 0 Å². The molecule has 1 aliphatic rings. The smallest absolute Gasteiger partial charge is 0.164 e. The topological polar surface area (TPSA) is 27.7 Å². The van der Waals surface area contributed by atoms with E-state index >= 15 is 0 Å². The van der Waals surface area contributed by atoms with Crippen LogP contribution in [0, 0.1) is 0 Å². The van der Waals surface area contributed by atoms with Gasteiger partial charge in [0.15, 0.2) is 5.79 Å². The molecule has 0 aliphatic carbocycles. The molecule has 1 aliphatic heterocycles. The van der Waals surface area contributed by atoms with Crippen molar-refractivity contribution in [2.24, 2.45) is 0 Å². The minimum absolute atomic E-state index is 0.102. The Kier molecular flexibility index (Phi) is 3.29. The lowest BCUT2D eigenvalue weighted by Gasteiger charge is -2.32. The van der Waals surface area contributed by atoms with E-state index in [2.05, 4.69) is 6.58 Å². The first-order chi connectivity index (χ1) is 6.69. The molecule has 1 heterocycles. The van der Waals surface area contributed by atoms with Crippen molar-refractivity contribution in [1.29, 1.82) is 0 Å². The fraction of sp³-hybridized carbons (Fsp3) is 0.833. The maximum Gasteiger partial charge on any atom is 0.164 e. The third-order valence-corrected chi connectivity index (χ3v) is 2.79. The Morgan fingerprint density at radius 1 is 1.33 bits per heavy atom. The number of hydrogen-bond donors (Lipinski definition) is 0. The summed E-state index contributed by atoms with van der Waals surface area (Å²) in [5.41, 5.74) is 0.591. The van der Waals surface area contributed by atoms with Crippen molar-refractivity contribution >= 4 is 0 Å². The lowest BCUT2D eigenvalue weighted by atomic mass is 9.93. The molecule has 1 saturated heterocycles. The van der Waals surface area contributed by atoms with E-state index in [0.717, 1.165) is 5.57 Å². The average molecular weight is 214 g/mol. The Morgan fingerprint density at radius 3 is 2.27 bits per heavy atom. The van der Waals surface area contributed by atoms with Gasteiger partial charge in [-0.05, 0) is 40.2 Å². The zero-order valence-corrected chi connectivity index (χ0v) is 10.6. The molecule has 0 saturated carbocycles. The summed E-state index contributed by atoms with van der Waals surface area (Å²) >= 11 is 0. The molecule has 0 bridgehead atoms. The van der Waals surface area contributed by atoms with Gasteiger partial charge in [0.05, 0.1) is 5.60 Å². The van der Waals surface area contributed by atoms with Crippen LogP contribution in [0.25, 0.3) is 0 Å². The van der Waals surface area contributed by atoms with Gasteiger partial charge in [-0.1, -0.05) is 6.58 Å². The number of ether oxygens (including phenoxy) is 3. The highest BCUT2D eigenvalue weighted by atomic mass is 16.8. The molecule has 15 heavy (non-hydrogen) atoms. The Bertz CT molecular complexity index is 256. The number of methoxy groups -OCH3 is 1. The van der Waals surface area contributed by atoms with Gasteiger partial charge in [0.2, 0.25) is 0 Å². The minimum Gasteiger partial charge on any atom is -0.376 e. The second kappa shape index (κ2) is 3.89. The lowest BCUT2D eigenvalue weighted by Crippen LogP contribution is -2.45. The van der Waals surface area contributed by atoms with Gasteiger partial charge in [-0.15, -0.1) is 0 Å². The van der Waals surface area contributed by atoms with Crippen molar-refractivity contribution < 1.29 is 14.2 Å². The van der Waals surface area contributed by atoms with E-state index in [1.54, 1.807) is 7.11 Å². The predicted molar refractivity (Wildman–Crippen MR) is 59.7 cm³/mol. The lowest BCUT2D eigenvalue weighted by molar-refractivity contribution is -0.169. The van der Waals surface area contributed by atoms with Gasteiger partial charge in [-0.3, -0.25) is 0 Å². The van der Waals surface area contributed by atoms with Crippen LogP contribution in [0.3, 0.4) is 0 Å². The Morgan fingerprint density at radius 2 is 1.87 bits per heavy atom. The van der Waals surface area contributed by atoms with Crippen molar-refractivity contribution in [3.8, 4) is 0 Å². The fourth-order valence-electron chi connectivity index (χ4n) is 1.74. The van der Waals surface area contributed by atoms with Gasteiger partial charge in [0.1, 0.15) is 12.2 Å². The molecule has 3 nitrogen and oxygen atoms in total. The van der Waals surface area contributed by atoms with Crippen molar-refractivity contribution in [2.45, 2.75) is 58.2 Å². The highest BCUT2D eigenvalue weighted by molar-refractivity contribution is 5.09. The monoisotopic (exact) mass is 214 g/mol. The zero-order chi connectivity index (χ0) is 11.9. The minimum atomic E-state index is -0.565. The fourth-order valence-corrected chi connectivity index (χ4v) is 1.74. The van der Waals surface area contributed by atoms with Crippen LogP contribution >= 0.6 is 0 Å². The summed E-state index contributed by atoms with van der Waals surface area (Å²) in [6, 6.07) is 0. The summed E-state index contributed by atoms with van der Waals surface area (Å²) in [7, 11) is 1.68. The van der Waals surface area contributed by atoms with Crippen LogP contribution < -0.4 is 0 Å². The van der Waals surface area contributed by atoms with Gasteiger partial charge in [-0.25, -0.2) is 0 Å². The van der Waals surface area contributed by atoms with Crippen molar-refractivity contribution in [2.75, 3.05) is 7.11 Å². The Balaban J connectivity index is 2.92. The summed E-state index contributed by atoms with van der Waals surface area (Å²) in [5, 5.41) is 0. The molecule has 3 heteroatoms. The van der Waals surface area contributed by atoms with E-state index in [4.69, 9.17) is 14.2 Å². The molecule has 0 aromatic rings. The van der Waals surface area contributed by atoms with Gasteiger partial charge >= 0.3 is 0 Å². The highest BCUT2D eigenvalue weighted by Crippen LogP contribution is 2.37. The molecule has 0 amide bonds. The standard InChI is InChI=1S/C12H22O3/c1-8(2)9-10(11(3,4)13-7)15-12(5,6)14-9/h9-10H,1H2,2-7H3/t9-,10+/m0/s1.